The molecule has 12 heteroatoms. The van der Waals surface area contributed by atoms with E-state index in [4.69, 9.17) is 22.2 Å². The Balaban J connectivity index is 1.39. The number of halogens is 1. The minimum Gasteiger partial charge on any atom is -0.387 e. The van der Waals surface area contributed by atoms with Crippen molar-refractivity contribution in [1.82, 2.24) is 15.5 Å². The highest BCUT2D eigenvalue weighted by atomic mass is 35.5. The molecule has 5 aliphatic rings. The number of carbonyl (C=O) groups is 5. The highest BCUT2D eigenvalue weighted by molar-refractivity contribution is 6.37. The van der Waals surface area contributed by atoms with Crippen LogP contribution in [0.4, 0.5) is 0 Å². The number of oxime groups is 1. The van der Waals surface area contributed by atoms with E-state index >= 15 is 0 Å². The summed E-state index contributed by atoms with van der Waals surface area (Å²) in [5, 5.41) is 10.6. The van der Waals surface area contributed by atoms with Crippen LogP contribution in [0.1, 0.15) is 84.6 Å². The number of hydrogen-bond acceptors (Lipinski definition) is 7. The van der Waals surface area contributed by atoms with Gasteiger partial charge in [0, 0.05) is 29.8 Å². The molecule has 5 atom stereocenters. The standard InChI is InChI=1S/C33H44ClN5O6/c1-5-7-23(27(41)29(35)42)36-30(43)25-16-33(15-24(38-45-33)19-8-6-9-22(34)13-19)17-39(25)31(44)28(32(2,3)4)37-26(40)14-21-12-18-10-20(21)11-18/h6,8-9,13,18,20-21,23,25,28H,5,7,10-12,14-17H2,1-4H3,(H2,35,42)(H,36,43)(H,37,40)/t18?,20?,21?,23-,25-,28+,33+/m0/s1. The molecule has 4 amide bonds. The Hall–Kier alpha value is -3.47. The average molecular weight is 642 g/mol. The molecule has 2 heterocycles. The van der Waals surface area contributed by atoms with Gasteiger partial charge in [-0.1, -0.05) is 63.0 Å². The van der Waals surface area contributed by atoms with Gasteiger partial charge in [0.15, 0.2) is 5.60 Å². The Bertz CT molecular complexity index is 1400. The zero-order valence-corrected chi connectivity index (χ0v) is 27.2. The minimum atomic E-state index is -1.14. The fraction of sp³-hybridized carbons (Fsp3) is 0.636. The fourth-order valence-corrected chi connectivity index (χ4v) is 7.65. The summed E-state index contributed by atoms with van der Waals surface area (Å²) in [7, 11) is 0. The zero-order chi connectivity index (χ0) is 32.7. The smallest absolute Gasteiger partial charge is 0.287 e. The molecule has 2 bridgehead atoms. The maximum Gasteiger partial charge on any atom is 0.287 e. The molecule has 0 aromatic heterocycles. The van der Waals surface area contributed by atoms with E-state index in [2.05, 4.69) is 15.8 Å². The summed E-state index contributed by atoms with van der Waals surface area (Å²) < 4.78 is 0. The molecule has 3 saturated carbocycles. The fourth-order valence-electron chi connectivity index (χ4n) is 7.46. The maximum absolute atomic E-state index is 14.4. The number of rotatable bonds is 11. The van der Waals surface area contributed by atoms with Crippen LogP contribution in [0.15, 0.2) is 29.4 Å². The molecule has 1 aromatic rings. The topological polar surface area (TPSA) is 160 Å². The van der Waals surface area contributed by atoms with Gasteiger partial charge >= 0.3 is 0 Å². The molecule has 1 unspecified atom stereocenters. The number of likely N-dealkylation sites (tertiary alicyclic amines) is 1. The van der Waals surface area contributed by atoms with E-state index in [1.165, 1.54) is 17.7 Å². The molecule has 3 aliphatic carbocycles. The first-order valence-corrected chi connectivity index (χ1v) is 16.3. The Morgan fingerprint density at radius 2 is 1.89 bits per heavy atom. The molecule has 244 valence electrons. The van der Waals surface area contributed by atoms with E-state index in [0.29, 0.717) is 41.8 Å². The van der Waals surface area contributed by atoms with Crippen molar-refractivity contribution in [2.75, 3.05) is 6.54 Å². The SMILES string of the molecule is CCC[C@H](NC(=O)[C@@H]1C[C@]2(CC(c3cccc(Cl)c3)=NO2)CN1C(=O)[C@@H](NC(=O)CC1CC2CC1C2)C(C)(C)C)C(=O)C(N)=O. The van der Waals surface area contributed by atoms with Crippen LogP contribution < -0.4 is 16.4 Å². The summed E-state index contributed by atoms with van der Waals surface area (Å²) in [6.07, 6.45) is 4.93. The number of carbonyl (C=O) groups excluding carboxylic acids is 5. The van der Waals surface area contributed by atoms with Gasteiger partial charge in [0.05, 0.1) is 18.3 Å². The molecular formula is C33H44ClN5O6. The second-order valence-corrected chi connectivity index (χ2v) is 14.9. The monoisotopic (exact) mass is 641 g/mol. The lowest BCUT2D eigenvalue weighted by atomic mass is 9.81. The van der Waals surface area contributed by atoms with Gasteiger partial charge < -0.3 is 26.1 Å². The van der Waals surface area contributed by atoms with E-state index in [0.717, 1.165) is 17.9 Å². The number of nitrogens with one attached hydrogen (secondary N) is 2. The Morgan fingerprint density at radius 1 is 1.16 bits per heavy atom. The summed E-state index contributed by atoms with van der Waals surface area (Å²) in [5.74, 6) is -1.59. The zero-order valence-electron chi connectivity index (χ0n) is 26.4. The molecule has 1 saturated heterocycles. The lowest BCUT2D eigenvalue weighted by Gasteiger charge is -2.36. The van der Waals surface area contributed by atoms with Crippen molar-refractivity contribution in [2.45, 2.75) is 103 Å². The number of hydrogen-bond donors (Lipinski definition) is 3. The van der Waals surface area contributed by atoms with E-state index in [1.807, 2.05) is 33.8 Å². The van der Waals surface area contributed by atoms with Crippen molar-refractivity contribution in [3.8, 4) is 0 Å². The van der Waals surface area contributed by atoms with E-state index in [-0.39, 0.29) is 25.3 Å². The van der Waals surface area contributed by atoms with Crippen LogP contribution >= 0.6 is 11.6 Å². The third-order valence-corrected chi connectivity index (χ3v) is 10.1. The Kier molecular flexibility index (Phi) is 9.31. The van der Waals surface area contributed by atoms with Gasteiger partial charge in [-0.2, -0.15) is 0 Å². The van der Waals surface area contributed by atoms with Gasteiger partial charge in [-0.25, -0.2) is 0 Å². The molecule has 4 N–H and O–H groups in total. The summed E-state index contributed by atoms with van der Waals surface area (Å²) in [5.41, 5.74) is 4.98. The van der Waals surface area contributed by atoms with Crippen LogP contribution in [-0.2, 0) is 28.8 Å². The first-order valence-electron chi connectivity index (χ1n) is 15.9. The van der Waals surface area contributed by atoms with Crippen molar-refractivity contribution in [3.63, 3.8) is 0 Å². The number of nitrogens with two attached hydrogens (primary N) is 1. The first kappa shape index (κ1) is 32.9. The van der Waals surface area contributed by atoms with Gasteiger partial charge in [-0.05, 0) is 61.0 Å². The number of nitrogens with zero attached hydrogens (tertiary/aromatic N) is 2. The van der Waals surface area contributed by atoms with Crippen molar-refractivity contribution >= 4 is 46.7 Å². The highest BCUT2D eigenvalue weighted by Crippen LogP contribution is 2.53. The Morgan fingerprint density at radius 3 is 2.49 bits per heavy atom. The number of primary amides is 1. The number of Topliss-reactive ketones (excluding diaryl/α,β-unsaturated/α-hetero) is 1. The normalized spacial score (nSPS) is 28.1. The number of fused-ring (bicyclic) bond motifs is 1. The van der Waals surface area contributed by atoms with Crippen LogP contribution in [0.25, 0.3) is 0 Å². The minimum absolute atomic E-state index is 0.0362. The molecule has 0 radical (unpaired) electrons. The molecule has 4 fully saturated rings. The molecule has 11 nitrogen and oxygen atoms in total. The van der Waals surface area contributed by atoms with Crippen LogP contribution in [-0.4, -0.2) is 70.3 Å². The molecule has 6 rings (SSSR count). The van der Waals surface area contributed by atoms with E-state index in [9.17, 15) is 24.0 Å². The van der Waals surface area contributed by atoms with Crippen LogP contribution in [0.3, 0.4) is 0 Å². The first-order chi connectivity index (χ1) is 21.2. The van der Waals surface area contributed by atoms with Gasteiger partial charge in [-0.15, -0.1) is 0 Å². The Labute approximate surface area is 269 Å². The summed E-state index contributed by atoms with van der Waals surface area (Å²) >= 11 is 6.21. The second-order valence-electron chi connectivity index (χ2n) is 14.4. The predicted octanol–water partition coefficient (Wildman–Crippen LogP) is 3.11. The number of ketones is 1. The van der Waals surface area contributed by atoms with E-state index < -0.39 is 52.6 Å². The average Bonchev–Trinajstić information content (AvgIpc) is 3.73. The molecule has 1 spiro atoms. The number of benzene rings is 1. The maximum atomic E-state index is 14.4. The lowest BCUT2D eigenvalue weighted by molar-refractivity contribution is -0.145. The van der Waals surface area contributed by atoms with Gasteiger partial charge in [0.1, 0.15) is 12.1 Å². The van der Waals surface area contributed by atoms with Crippen molar-refractivity contribution < 1.29 is 28.8 Å². The highest BCUT2D eigenvalue weighted by Gasteiger charge is 2.56. The third kappa shape index (κ3) is 7.03. The quantitative estimate of drug-likeness (QED) is 0.315. The number of amides is 4. The molecule has 2 aliphatic heterocycles. The van der Waals surface area contributed by atoms with Gasteiger partial charge in [0.2, 0.25) is 23.5 Å². The lowest BCUT2D eigenvalue weighted by Crippen LogP contribution is -2.59. The summed E-state index contributed by atoms with van der Waals surface area (Å²) in [4.78, 5) is 73.3. The van der Waals surface area contributed by atoms with Gasteiger partial charge in [0.25, 0.3) is 5.91 Å². The predicted molar refractivity (Wildman–Crippen MR) is 168 cm³/mol. The van der Waals surface area contributed by atoms with Gasteiger partial charge in [-0.3, -0.25) is 24.0 Å². The van der Waals surface area contributed by atoms with E-state index in [1.54, 1.807) is 18.2 Å². The van der Waals surface area contributed by atoms with Crippen molar-refractivity contribution in [2.24, 2.45) is 34.1 Å². The van der Waals surface area contributed by atoms with Crippen molar-refractivity contribution in [1.29, 1.82) is 0 Å². The summed E-state index contributed by atoms with van der Waals surface area (Å²) in [6.45, 7) is 7.48. The largest absolute Gasteiger partial charge is 0.387 e. The second kappa shape index (κ2) is 12.7. The van der Waals surface area contributed by atoms with Crippen LogP contribution in [0, 0.1) is 23.2 Å². The summed E-state index contributed by atoms with van der Waals surface area (Å²) in [6, 6.07) is 4.11. The molecular weight excluding hydrogens is 598 g/mol. The van der Waals surface area contributed by atoms with Crippen LogP contribution in [0.5, 0.6) is 0 Å². The third-order valence-electron chi connectivity index (χ3n) is 9.88. The molecule has 45 heavy (non-hydrogen) atoms. The van der Waals surface area contributed by atoms with Crippen LogP contribution in [0.2, 0.25) is 5.02 Å². The molecule has 1 aromatic carbocycles. The van der Waals surface area contributed by atoms with Crippen molar-refractivity contribution in [3.05, 3.63) is 34.9 Å².